The van der Waals surface area contributed by atoms with E-state index in [0.717, 1.165) is 49.5 Å². The summed E-state index contributed by atoms with van der Waals surface area (Å²) in [5.41, 5.74) is 6.04. The van der Waals surface area contributed by atoms with Gasteiger partial charge in [0.2, 0.25) is 0 Å². The van der Waals surface area contributed by atoms with E-state index in [2.05, 4.69) is 28.7 Å². The van der Waals surface area contributed by atoms with Crippen molar-refractivity contribution in [2.75, 3.05) is 0 Å². The smallest absolute Gasteiger partial charge is 0.160 e. The van der Waals surface area contributed by atoms with Gasteiger partial charge in [-0.05, 0) is 30.3 Å². The molecule has 4 heteroatoms. The second-order valence-corrected chi connectivity index (χ2v) is 6.41. The zero-order valence-corrected chi connectivity index (χ0v) is 13.6. The van der Waals surface area contributed by atoms with Crippen molar-refractivity contribution in [2.24, 2.45) is 0 Å². The predicted molar refractivity (Wildman–Crippen MR) is 102 cm³/mol. The first-order valence-corrected chi connectivity index (χ1v) is 8.39. The molecule has 0 saturated heterocycles. The number of hydrogen-bond donors (Lipinski definition) is 0. The minimum Gasteiger partial charge on any atom is -0.454 e. The second-order valence-electron chi connectivity index (χ2n) is 6.41. The van der Waals surface area contributed by atoms with Crippen LogP contribution >= 0.6 is 0 Å². The van der Waals surface area contributed by atoms with Gasteiger partial charge in [0.05, 0.1) is 22.7 Å². The lowest BCUT2D eigenvalue weighted by molar-refractivity contribution is 0.672. The fourth-order valence-electron chi connectivity index (χ4n) is 3.87. The fourth-order valence-corrected chi connectivity index (χ4v) is 3.87. The summed E-state index contributed by atoms with van der Waals surface area (Å²) in [6, 6.07) is 24.0. The molecule has 0 fully saturated rings. The van der Waals surface area contributed by atoms with Gasteiger partial charge in [-0.1, -0.05) is 36.4 Å². The maximum Gasteiger partial charge on any atom is 0.160 e. The Kier molecular flexibility index (Phi) is 2.39. The van der Waals surface area contributed by atoms with Crippen molar-refractivity contribution in [3.05, 3.63) is 72.3 Å². The summed E-state index contributed by atoms with van der Waals surface area (Å²) in [7, 11) is 0. The van der Waals surface area contributed by atoms with Crippen LogP contribution in [0.15, 0.2) is 71.1 Å². The highest BCUT2D eigenvalue weighted by Crippen LogP contribution is 2.38. The maximum atomic E-state index is 9.32. The van der Waals surface area contributed by atoms with Crippen molar-refractivity contribution in [2.45, 2.75) is 0 Å². The Morgan fingerprint density at radius 2 is 1.69 bits per heavy atom. The number of aromatic nitrogens is 2. The topological polar surface area (TPSA) is 54.2 Å². The third kappa shape index (κ3) is 1.55. The summed E-state index contributed by atoms with van der Waals surface area (Å²) >= 11 is 0. The van der Waals surface area contributed by atoms with Gasteiger partial charge in [0, 0.05) is 16.2 Å². The molecule has 120 valence electrons. The van der Waals surface area contributed by atoms with Crippen molar-refractivity contribution in [1.82, 2.24) is 9.38 Å². The molecule has 0 bridgehead atoms. The average molecular weight is 333 g/mol. The highest BCUT2D eigenvalue weighted by atomic mass is 16.3. The highest BCUT2D eigenvalue weighted by Gasteiger charge is 2.18. The van der Waals surface area contributed by atoms with Crippen LogP contribution in [0.5, 0.6) is 0 Å². The molecule has 0 unspecified atom stereocenters. The van der Waals surface area contributed by atoms with E-state index >= 15 is 0 Å². The number of benzene rings is 3. The van der Waals surface area contributed by atoms with E-state index in [1.54, 1.807) is 6.07 Å². The molecule has 4 nitrogen and oxygen atoms in total. The largest absolute Gasteiger partial charge is 0.454 e. The van der Waals surface area contributed by atoms with Crippen molar-refractivity contribution in [1.29, 1.82) is 5.26 Å². The number of nitriles is 1. The summed E-state index contributed by atoms with van der Waals surface area (Å²) in [4.78, 5) is 4.88. The van der Waals surface area contributed by atoms with Crippen LogP contribution in [0.2, 0.25) is 0 Å². The molecule has 0 saturated carbocycles. The van der Waals surface area contributed by atoms with E-state index in [0.29, 0.717) is 5.56 Å². The quantitative estimate of drug-likeness (QED) is 0.373. The molecule has 6 rings (SSSR count). The molecule has 3 aromatic carbocycles. The number of hydrogen-bond acceptors (Lipinski definition) is 3. The Labute approximate surface area is 147 Å². The fraction of sp³-hybridized carbons (Fsp3) is 0. The SMILES string of the molecule is N#Cc1ccc2oc3c4ccccc4c4nc5ccccc5n4c3c2c1. The molecule has 0 N–H and O–H groups in total. The molecular formula is C22H11N3O. The number of para-hydroxylation sites is 2. The van der Waals surface area contributed by atoms with Gasteiger partial charge in [-0.25, -0.2) is 4.98 Å². The minimum absolute atomic E-state index is 0.617. The molecular weight excluding hydrogens is 322 g/mol. The van der Waals surface area contributed by atoms with Crippen LogP contribution in [-0.2, 0) is 0 Å². The maximum absolute atomic E-state index is 9.32. The first-order chi connectivity index (χ1) is 12.8. The standard InChI is InChI=1S/C22H11N3O/c23-12-13-9-10-19-16(11-13)20-21(26-19)14-5-1-2-6-15(14)22-24-17-7-3-4-8-18(17)25(20)22/h1-11H. The zero-order valence-electron chi connectivity index (χ0n) is 13.6. The lowest BCUT2D eigenvalue weighted by atomic mass is 10.1. The number of furan rings is 1. The van der Waals surface area contributed by atoms with Crippen LogP contribution in [0.25, 0.3) is 49.5 Å². The molecule has 0 aliphatic rings. The molecule has 26 heavy (non-hydrogen) atoms. The number of imidazole rings is 1. The lowest BCUT2D eigenvalue weighted by Gasteiger charge is -2.04. The van der Waals surface area contributed by atoms with E-state index in [-0.39, 0.29) is 0 Å². The normalized spacial score (nSPS) is 11.8. The average Bonchev–Trinajstić information content (AvgIpc) is 3.26. The minimum atomic E-state index is 0.617. The van der Waals surface area contributed by atoms with Gasteiger partial charge in [-0.3, -0.25) is 4.40 Å². The Balaban J connectivity index is 2.04. The summed E-state index contributed by atoms with van der Waals surface area (Å²) in [5.74, 6) is 0. The number of rotatable bonds is 0. The summed E-state index contributed by atoms with van der Waals surface area (Å²) in [6.07, 6.45) is 0. The van der Waals surface area contributed by atoms with Gasteiger partial charge in [0.25, 0.3) is 0 Å². The van der Waals surface area contributed by atoms with Gasteiger partial charge >= 0.3 is 0 Å². The number of pyridine rings is 1. The molecule has 3 aromatic heterocycles. The van der Waals surface area contributed by atoms with Crippen LogP contribution in [-0.4, -0.2) is 9.38 Å². The van der Waals surface area contributed by atoms with Gasteiger partial charge < -0.3 is 4.42 Å². The molecule has 0 atom stereocenters. The molecule has 0 amide bonds. The van der Waals surface area contributed by atoms with E-state index in [1.165, 1.54) is 0 Å². The van der Waals surface area contributed by atoms with Crippen LogP contribution in [0, 0.1) is 11.3 Å². The molecule has 0 radical (unpaired) electrons. The monoisotopic (exact) mass is 333 g/mol. The van der Waals surface area contributed by atoms with E-state index in [9.17, 15) is 5.26 Å². The molecule has 0 aliphatic heterocycles. The second kappa shape index (κ2) is 4.62. The van der Waals surface area contributed by atoms with Crippen LogP contribution in [0.1, 0.15) is 5.56 Å². The summed E-state index contributed by atoms with van der Waals surface area (Å²) < 4.78 is 8.39. The van der Waals surface area contributed by atoms with Gasteiger partial charge in [-0.15, -0.1) is 0 Å². The van der Waals surface area contributed by atoms with Crippen LogP contribution in [0.3, 0.4) is 0 Å². The molecule has 0 spiro atoms. The van der Waals surface area contributed by atoms with Crippen molar-refractivity contribution in [3.63, 3.8) is 0 Å². The van der Waals surface area contributed by atoms with Crippen LogP contribution < -0.4 is 0 Å². The lowest BCUT2D eigenvalue weighted by Crippen LogP contribution is -1.89. The summed E-state index contributed by atoms with van der Waals surface area (Å²) in [5, 5.41) is 12.3. The number of nitrogens with zero attached hydrogens (tertiary/aromatic N) is 3. The Morgan fingerprint density at radius 1 is 0.885 bits per heavy atom. The van der Waals surface area contributed by atoms with Gasteiger partial charge in [0.15, 0.2) is 5.58 Å². The van der Waals surface area contributed by atoms with Crippen molar-refractivity contribution in [3.8, 4) is 6.07 Å². The highest BCUT2D eigenvalue weighted by molar-refractivity contribution is 6.18. The summed E-state index contributed by atoms with van der Waals surface area (Å²) in [6.45, 7) is 0. The van der Waals surface area contributed by atoms with Gasteiger partial charge in [-0.2, -0.15) is 5.26 Å². The van der Waals surface area contributed by atoms with Gasteiger partial charge in [0.1, 0.15) is 16.7 Å². The predicted octanol–water partition coefficient (Wildman–Crippen LogP) is 5.41. The number of fused-ring (bicyclic) bond motifs is 10. The van der Waals surface area contributed by atoms with Crippen LogP contribution in [0.4, 0.5) is 0 Å². The third-order valence-corrected chi connectivity index (χ3v) is 4.99. The van der Waals surface area contributed by atoms with Crippen molar-refractivity contribution >= 4 is 49.5 Å². The van der Waals surface area contributed by atoms with E-state index in [4.69, 9.17) is 9.40 Å². The molecule has 3 heterocycles. The Bertz CT molecular complexity index is 1550. The molecule has 6 aromatic rings. The zero-order chi connectivity index (χ0) is 17.3. The Morgan fingerprint density at radius 3 is 2.58 bits per heavy atom. The third-order valence-electron chi connectivity index (χ3n) is 4.99. The van der Waals surface area contributed by atoms with Crippen molar-refractivity contribution < 1.29 is 4.42 Å². The van der Waals surface area contributed by atoms with E-state index in [1.807, 2.05) is 42.5 Å². The Hall–Kier alpha value is -3.84. The van der Waals surface area contributed by atoms with E-state index < -0.39 is 0 Å². The first kappa shape index (κ1) is 13.5. The molecule has 0 aliphatic carbocycles. The first-order valence-electron chi connectivity index (χ1n) is 8.39.